The van der Waals surface area contributed by atoms with Gasteiger partial charge >= 0.3 is 0 Å². The lowest BCUT2D eigenvalue weighted by atomic mass is 9.91. The zero-order valence-corrected chi connectivity index (χ0v) is 37.6. The molecule has 0 N–H and O–H groups in total. The predicted octanol–water partition coefficient (Wildman–Crippen LogP) is 16.1. The fourth-order valence-electron chi connectivity index (χ4n) is 11.1. The van der Waals surface area contributed by atoms with E-state index in [0.29, 0.717) is 11.7 Å². The third kappa shape index (κ3) is 6.39. The van der Waals surface area contributed by atoms with Crippen LogP contribution in [-0.2, 0) is 0 Å². The third-order valence-corrected chi connectivity index (χ3v) is 14.3. The molecular formula is C64H43N5. The molecule has 2 aliphatic rings. The topological polar surface area (TPSA) is 38.9 Å². The van der Waals surface area contributed by atoms with Crippen molar-refractivity contribution in [3.8, 4) is 56.4 Å². The van der Waals surface area contributed by atoms with Gasteiger partial charge in [0.15, 0.2) is 5.82 Å². The van der Waals surface area contributed by atoms with Crippen molar-refractivity contribution in [1.29, 1.82) is 0 Å². The number of benzene rings is 9. The van der Waals surface area contributed by atoms with Gasteiger partial charge in [-0.3, -0.25) is 0 Å². The fraction of sp³-hybridized carbons (Fsp3) is 0.0312. The largest absolute Gasteiger partial charge is 0.333 e. The van der Waals surface area contributed by atoms with Crippen molar-refractivity contribution in [1.82, 2.24) is 19.1 Å². The van der Waals surface area contributed by atoms with Crippen molar-refractivity contribution >= 4 is 55.0 Å². The number of fused-ring (bicyclic) bond motifs is 9. The van der Waals surface area contributed by atoms with Crippen LogP contribution in [0.2, 0.25) is 0 Å². The zero-order chi connectivity index (χ0) is 45.4. The first kappa shape index (κ1) is 39.1. The molecular weight excluding hydrogens is 839 g/mol. The normalized spacial score (nSPS) is 15.1. The monoisotopic (exact) mass is 881 g/mol. The lowest BCUT2D eigenvalue weighted by Crippen LogP contribution is -2.28. The molecule has 4 heterocycles. The van der Waals surface area contributed by atoms with E-state index in [1.165, 1.54) is 49.5 Å². The summed E-state index contributed by atoms with van der Waals surface area (Å²) in [5.41, 5.74) is 17.9. The zero-order valence-electron chi connectivity index (χ0n) is 37.6. The van der Waals surface area contributed by atoms with E-state index in [2.05, 4.69) is 239 Å². The summed E-state index contributed by atoms with van der Waals surface area (Å²) in [5.74, 6) is 1.02. The van der Waals surface area contributed by atoms with Gasteiger partial charge in [0, 0.05) is 66.9 Å². The minimum absolute atomic E-state index is 0.212. The van der Waals surface area contributed by atoms with Gasteiger partial charge in [0.2, 0.25) is 0 Å². The number of aromatic nitrogens is 4. The van der Waals surface area contributed by atoms with Crippen LogP contribution in [0.15, 0.2) is 249 Å². The molecule has 9 aromatic carbocycles. The Morgan fingerprint density at radius 2 is 0.870 bits per heavy atom. The Bertz CT molecular complexity index is 3920. The SMILES string of the molecule is C1=CC2c3ccccc3N(c3ccc4c(c3)c3cc(-n5c6ccccc6c6ccccc65)ccc3n4-c3ccc(-c4cccc(-c5cc(-c6ccccc6)nc(-c6ccccc6)n5)c4)cc3)C2C=C1. The molecule has 0 amide bonds. The lowest BCUT2D eigenvalue weighted by Gasteiger charge is -2.28. The van der Waals surface area contributed by atoms with Gasteiger partial charge in [-0.15, -0.1) is 0 Å². The second kappa shape index (κ2) is 15.8. The van der Waals surface area contributed by atoms with Crippen molar-refractivity contribution in [2.24, 2.45) is 0 Å². The second-order valence-corrected chi connectivity index (χ2v) is 18.1. The molecule has 0 radical (unpaired) electrons. The highest BCUT2D eigenvalue weighted by Crippen LogP contribution is 2.49. The van der Waals surface area contributed by atoms with Crippen LogP contribution < -0.4 is 4.90 Å². The van der Waals surface area contributed by atoms with Gasteiger partial charge in [0.05, 0.1) is 39.5 Å². The highest BCUT2D eigenvalue weighted by Gasteiger charge is 2.37. The second-order valence-electron chi connectivity index (χ2n) is 18.1. The summed E-state index contributed by atoms with van der Waals surface area (Å²) in [5, 5.41) is 4.94. The average molecular weight is 882 g/mol. The van der Waals surface area contributed by atoms with E-state index in [-0.39, 0.29) is 6.04 Å². The highest BCUT2D eigenvalue weighted by molar-refractivity contribution is 6.13. The molecule has 5 nitrogen and oxygen atoms in total. The highest BCUT2D eigenvalue weighted by atomic mass is 15.2. The number of anilines is 2. The lowest BCUT2D eigenvalue weighted by molar-refractivity contribution is 0.745. The van der Waals surface area contributed by atoms with Crippen molar-refractivity contribution in [3.05, 3.63) is 254 Å². The van der Waals surface area contributed by atoms with Gasteiger partial charge in [-0.2, -0.15) is 0 Å². The van der Waals surface area contributed by atoms with Gasteiger partial charge in [-0.1, -0.05) is 170 Å². The molecule has 1 aliphatic carbocycles. The van der Waals surface area contributed by atoms with Crippen molar-refractivity contribution in [2.45, 2.75) is 12.0 Å². The molecule has 324 valence electrons. The van der Waals surface area contributed by atoms with E-state index in [0.717, 1.165) is 61.6 Å². The average Bonchev–Trinajstić information content (AvgIpc) is 4.06. The van der Waals surface area contributed by atoms with Crippen LogP contribution in [-0.4, -0.2) is 25.1 Å². The molecule has 2 atom stereocenters. The molecule has 69 heavy (non-hydrogen) atoms. The number of rotatable bonds is 7. The Morgan fingerprint density at radius 1 is 0.333 bits per heavy atom. The van der Waals surface area contributed by atoms with Crippen molar-refractivity contribution in [2.75, 3.05) is 4.90 Å². The molecule has 14 rings (SSSR count). The van der Waals surface area contributed by atoms with Gasteiger partial charge in [-0.25, -0.2) is 9.97 Å². The number of hydrogen-bond acceptors (Lipinski definition) is 3. The summed E-state index contributed by atoms with van der Waals surface area (Å²) < 4.78 is 4.86. The molecule has 12 aromatic rings. The van der Waals surface area contributed by atoms with Crippen LogP contribution in [0.3, 0.4) is 0 Å². The van der Waals surface area contributed by atoms with E-state index in [1.807, 2.05) is 24.3 Å². The molecule has 5 heteroatoms. The first-order valence-electron chi connectivity index (χ1n) is 23.7. The first-order valence-corrected chi connectivity index (χ1v) is 23.7. The van der Waals surface area contributed by atoms with E-state index >= 15 is 0 Å². The number of nitrogens with zero attached hydrogens (tertiary/aromatic N) is 5. The molecule has 1 aliphatic heterocycles. The molecule has 0 saturated heterocycles. The van der Waals surface area contributed by atoms with E-state index in [9.17, 15) is 0 Å². The molecule has 3 aromatic heterocycles. The maximum atomic E-state index is 5.13. The predicted molar refractivity (Wildman–Crippen MR) is 286 cm³/mol. The number of hydrogen-bond donors (Lipinski definition) is 0. The van der Waals surface area contributed by atoms with E-state index < -0.39 is 0 Å². The van der Waals surface area contributed by atoms with Crippen LogP contribution in [0.4, 0.5) is 11.4 Å². The summed E-state index contributed by atoms with van der Waals surface area (Å²) >= 11 is 0. The standard InChI is InChI=1S/C64H43N5/c1-3-16-43(17-4-1)56-41-57(66-64(65-56)44-18-5-2-6-19-44)46-21-15-20-45(38-46)42-30-32-47(33-31-42)67-62-36-34-48(68-58-26-11-7-22-50(58)51-23-8-12-27-59(51)68)39-54(62)55-40-49(35-37-63(55)67)69-60-28-13-9-24-52(60)53-25-10-14-29-61(53)69/h1-41,50,58H. The number of para-hydroxylation sites is 3. The summed E-state index contributed by atoms with van der Waals surface area (Å²) in [6.45, 7) is 0. The van der Waals surface area contributed by atoms with Gasteiger partial charge in [-0.05, 0) is 95.6 Å². The molecule has 0 fully saturated rings. The van der Waals surface area contributed by atoms with Gasteiger partial charge < -0.3 is 14.0 Å². The van der Waals surface area contributed by atoms with E-state index in [1.54, 1.807) is 0 Å². The maximum Gasteiger partial charge on any atom is 0.160 e. The van der Waals surface area contributed by atoms with Crippen LogP contribution in [0.5, 0.6) is 0 Å². The van der Waals surface area contributed by atoms with E-state index in [4.69, 9.17) is 9.97 Å². The van der Waals surface area contributed by atoms with Gasteiger partial charge in [0.1, 0.15) is 0 Å². The summed E-state index contributed by atoms with van der Waals surface area (Å²) in [4.78, 5) is 12.7. The van der Waals surface area contributed by atoms with Crippen LogP contribution in [0.1, 0.15) is 11.5 Å². The van der Waals surface area contributed by atoms with Crippen molar-refractivity contribution in [3.63, 3.8) is 0 Å². The minimum atomic E-state index is 0.212. The molecule has 0 bridgehead atoms. The Kier molecular flexibility index (Phi) is 8.96. The van der Waals surface area contributed by atoms with Crippen LogP contribution in [0, 0.1) is 0 Å². The Morgan fingerprint density at radius 3 is 1.61 bits per heavy atom. The Hall–Kier alpha value is -9.06. The summed E-state index contributed by atoms with van der Waals surface area (Å²) in [6.07, 6.45) is 9.10. The Balaban J connectivity index is 0.900. The smallest absolute Gasteiger partial charge is 0.160 e. The fourth-order valence-corrected chi connectivity index (χ4v) is 11.1. The van der Waals surface area contributed by atoms with Crippen molar-refractivity contribution < 1.29 is 0 Å². The maximum absolute atomic E-state index is 5.13. The third-order valence-electron chi connectivity index (χ3n) is 14.3. The summed E-state index contributed by atoms with van der Waals surface area (Å²) in [7, 11) is 0. The Labute approximate surface area is 399 Å². The first-order chi connectivity index (χ1) is 34.2. The quantitative estimate of drug-likeness (QED) is 0.160. The minimum Gasteiger partial charge on any atom is -0.333 e. The number of allylic oxidation sites excluding steroid dienone is 2. The molecule has 0 spiro atoms. The summed E-state index contributed by atoms with van der Waals surface area (Å²) in [6, 6.07) is 81.1. The van der Waals surface area contributed by atoms with Crippen LogP contribution in [0.25, 0.3) is 100 Å². The van der Waals surface area contributed by atoms with Crippen LogP contribution >= 0.6 is 0 Å². The molecule has 0 saturated carbocycles. The van der Waals surface area contributed by atoms with Gasteiger partial charge in [0.25, 0.3) is 0 Å². The molecule has 2 unspecified atom stereocenters.